The second-order valence-electron chi connectivity index (χ2n) is 4.66. The summed E-state index contributed by atoms with van der Waals surface area (Å²) in [5.41, 5.74) is 3.03. The van der Waals surface area contributed by atoms with E-state index in [1.807, 2.05) is 6.07 Å². The average Bonchev–Trinajstić information content (AvgIpc) is 2.38. The third-order valence-electron chi connectivity index (χ3n) is 3.17. The molecule has 0 saturated heterocycles. The maximum Gasteiger partial charge on any atom is 0.114 e. The lowest BCUT2D eigenvalue weighted by Crippen LogP contribution is -2.14. The average molecular weight is 257 g/mol. The van der Waals surface area contributed by atoms with Gasteiger partial charge in [-0.3, -0.25) is 0 Å². The Morgan fingerprint density at radius 2 is 2.33 bits per heavy atom. The van der Waals surface area contributed by atoms with Crippen molar-refractivity contribution in [3.05, 3.63) is 22.9 Å². The third-order valence-corrected chi connectivity index (χ3v) is 4.16. The molecule has 1 aromatic rings. The number of hydrogen-bond donors (Lipinski definition) is 0. The fourth-order valence-corrected chi connectivity index (χ4v) is 3.03. The monoisotopic (exact) mass is 257 g/mol. The van der Waals surface area contributed by atoms with Crippen LogP contribution in [0, 0.1) is 28.6 Å². The van der Waals surface area contributed by atoms with Gasteiger partial charge in [0.2, 0.25) is 0 Å². The molecule has 0 fully saturated rings. The number of nitriles is 2. The highest BCUT2D eigenvalue weighted by atomic mass is 32.2. The molecule has 0 radical (unpaired) electrons. The Hall–Kier alpha value is -1.52. The van der Waals surface area contributed by atoms with E-state index in [2.05, 4.69) is 24.0 Å². The zero-order valence-electron chi connectivity index (χ0n) is 10.4. The molecule has 92 valence electrons. The van der Waals surface area contributed by atoms with Gasteiger partial charge in [-0.25, -0.2) is 4.98 Å². The van der Waals surface area contributed by atoms with Crippen molar-refractivity contribution in [2.24, 2.45) is 5.92 Å². The number of aryl methyl sites for hydroxylation is 1. The number of aromatic nitrogens is 1. The molecule has 1 unspecified atom stereocenters. The molecule has 1 aromatic heterocycles. The topological polar surface area (TPSA) is 60.5 Å². The summed E-state index contributed by atoms with van der Waals surface area (Å²) < 4.78 is 0. The summed E-state index contributed by atoms with van der Waals surface area (Å²) in [6, 6.07) is 6.33. The van der Waals surface area contributed by atoms with Gasteiger partial charge < -0.3 is 0 Å². The fourth-order valence-electron chi connectivity index (χ4n) is 2.21. The second-order valence-corrected chi connectivity index (χ2v) is 5.75. The summed E-state index contributed by atoms with van der Waals surface area (Å²) in [5, 5.41) is 18.5. The van der Waals surface area contributed by atoms with Gasteiger partial charge in [-0.05, 0) is 36.8 Å². The predicted octanol–water partition coefficient (Wildman–Crippen LogP) is 3.08. The van der Waals surface area contributed by atoms with Gasteiger partial charge in [0.15, 0.2) is 0 Å². The zero-order chi connectivity index (χ0) is 13.0. The highest BCUT2D eigenvalue weighted by Gasteiger charge is 2.19. The molecule has 1 aliphatic carbocycles. The molecule has 0 bridgehead atoms. The molecule has 0 aromatic carbocycles. The van der Waals surface area contributed by atoms with E-state index in [4.69, 9.17) is 5.26 Å². The molecular formula is C14H15N3S. The molecule has 4 heteroatoms. The summed E-state index contributed by atoms with van der Waals surface area (Å²) in [4.78, 5) is 4.62. The Morgan fingerprint density at radius 1 is 1.50 bits per heavy atom. The molecule has 1 atom stereocenters. The van der Waals surface area contributed by atoms with Crippen LogP contribution in [-0.2, 0) is 12.8 Å². The molecule has 2 rings (SSSR count). The maximum atomic E-state index is 9.17. The molecular weight excluding hydrogens is 242 g/mol. The lowest BCUT2D eigenvalue weighted by molar-refractivity contribution is 0.491. The smallest absolute Gasteiger partial charge is 0.114 e. The summed E-state index contributed by atoms with van der Waals surface area (Å²) in [6.45, 7) is 2.24. The van der Waals surface area contributed by atoms with Gasteiger partial charge in [0.25, 0.3) is 0 Å². The van der Waals surface area contributed by atoms with Crippen molar-refractivity contribution in [2.75, 3.05) is 5.75 Å². The molecule has 3 nitrogen and oxygen atoms in total. The lowest BCUT2D eigenvalue weighted by atomic mass is 9.87. The minimum Gasteiger partial charge on any atom is -0.245 e. The van der Waals surface area contributed by atoms with Gasteiger partial charge in [-0.15, -0.1) is 11.8 Å². The number of hydrogen-bond acceptors (Lipinski definition) is 4. The summed E-state index contributed by atoms with van der Waals surface area (Å²) in [6.07, 6.45) is 3.70. The van der Waals surface area contributed by atoms with E-state index in [9.17, 15) is 5.26 Å². The number of nitrogens with zero attached hydrogens (tertiary/aromatic N) is 3. The maximum absolute atomic E-state index is 9.17. The van der Waals surface area contributed by atoms with E-state index in [0.717, 1.165) is 23.6 Å². The van der Waals surface area contributed by atoms with Crippen LogP contribution in [0.15, 0.2) is 11.1 Å². The van der Waals surface area contributed by atoms with Crippen LogP contribution < -0.4 is 0 Å². The Kier molecular flexibility index (Phi) is 4.23. The van der Waals surface area contributed by atoms with Crippen molar-refractivity contribution in [2.45, 2.75) is 37.6 Å². The number of pyridine rings is 1. The fraction of sp³-hybridized carbons (Fsp3) is 0.500. The number of fused-ring (bicyclic) bond motifs is 1. The first-order valence-electron chi connectivity index (χ1n) is 6.17. The van der Waals surface area contributed by atoms with Crippen LogP contribution in [0.2, 0.25) is 0 Å². The van der Waals surface area contributed by atoms with Crippen LogP contribution in [-0.4, -0.2) is 10.7 Å². The van der Waals surface area contributed by atoms with Crippen LogP contribution >= 0.6 is 11.8 Å². The Labute approximate surface area is 112 Å². The quantitative estimate of drug-likeness (QED) is 0.616. The highest BCUT2D eigenvalue weighted by molar-refractivity contribution is 7.99. The molecule has 0 spiro atoms. The third kappa shape index (κ3) is 2.83. The minimum absolute atomic E-state index is 0.491. The summed E-state index contributed by atoms with van der Waals surface area (Å²) in [7, 11) is 0. The Morgan fingerprint density at radius 3 is 3.06 bits per heavy atom. The first-order chi connectivity index (χ1) is 8.74. The van der Waals surface area contributed by atoms with Gasteiger partial charge in [-0.1, -0.05) is 6.92 Å². The van der Waals surface area contributed by atoms with Gasteiger partial charge in [0, 0.05) is 17.9 Å². The van der Waals surface area contributed by atoms with Crippen molar-refractivity contribution >= 4 is 11.8 Å². The standard InChI is InChI=1S/C14H15N3S/c1-10-3-4-13-11(7-10)8-12(9-16)14(17-13)18-6-2-5-15/h8,10H,2-4,6-7H2,1H3. The van der Waals surface area contributed by atoms with Gasteiger partial charge in [-0.2, -0.15) is 10.5 Å². The van der Waals surface area contributed by atoms with E-state index in [0.29, 0.717) is 23.7 Å². The summed E-state index contributed by atoms with van der Waals surface area (Å²) >= 11 is 1.51. The Bertz CT molecular complexity index is 525. The minimum atomic E-state index is 0.491. The lowest BCUT2D eigenvalue weighted by Gasteiger charge is -2.21. The van der Waals surface area contributed by atoms with Crippen molar-refractivity contribution in [1.82, 2.24) is 4.98 Å². The van der Waals surface area contributed by atoms with E-state index in [-0.39, 0.29) is 0 Å². The zero-order valence-corrected chi connectivity index (χ0v) is 11.3. The number of rotatable bonds is 3. The molecule has 0 saturated carbocycles. The largest absolute Gasteiger partial charge is 0.245 e. The van der Waals surface area contributed by atoms with E-state index < -0.39 is 0 Å². The van der Waals surface area contributed by atoms with E-state index in [1.54, 1.807) is 0 Å². The van der Waals surface area contributed by atoms with Gasteiger partial charge in [0.05, 0.1) is 11.6 Å². The van der Waals surface area contributed by atoms with Crippen molar-refractivity contribution in [1.29, 1.82) is 10.5 Å². The van der Waals surface area contributed by atoms with Crippen LogP contribution in [0.1, 0.15) is 36.6 Å². The normalized spacial score (nSPS) is 17.6. The van der Waals surface area contributed by atoms with Crippen LogP contribution in [0.3, 0.4) is 0 Å². The highest BCUT2D eigenvalue weighted by Crippen LogP contribution is 2.29. The van der Waals surface area contributed by atoms with Crippen molar-refractivity contribution in [3.8, 4) is 12.1 Å². The van der Waals surface area contributed by atoms with Crippen molar-refractivity contribution in [3.63, 3.8) is 0 Å². The van der Waals surface area contributed by atoms with E-state index >= 15 is 0 Å². The first-order valence-corrected chi connectivity index (χ1v) is 7.15. The van der Waals surface area contributed by atoms with Crippen LogP contribution in [0.25, 0.3) is 0 Å². The molecule has 1 aliphatic rings. The number of thioether (sulfide) groups is 1. The molecule has 18 heavy (non-hydrogen) atoms. The molecule has 0 amide bonds. The van der Waals surface area contributed by atoms with Gasteiger partial charge in [0.1, 0.15) is 11.1 Å². The molecule has 0 N–H and O–H groups in total. The van der Waals surface area contributed by atoms with Crippen LogP contribution in [0.5, 0.6) is 0 Å². The Balaban J connectivity index is 2.25. The molecule has 1 heterocycles. The van der Waals surface area contributed by atoms with Gasteiger partial charge >= 0.3 is 0 Å². The molecule has 0 aliphatic heterocycles. The second kappa shape index (κ2) is 5.89. The predicted molar refractivity (Wildman–Crippen MR) is 71.1 cm³/mol. The first kappa shape index (κ1) is 12.9. The van der Waals surface area contributed by atoms with Crippen molar-refractivity contribution < 1.29 is 0 Å². The summed E-state index contributed by atoms with van der Waals surface area (Å²) in [5.74, 6) is 1.39. The van der Waals surface area contributed by atoms with E-state index in [1.165, 1.54) is 23.7 Å². The SMILES string of the molecule is CC1CCc2nc(SCCC#N)c(C#N)cc2C1. The van der Waals surface area contributed by atoms with Crippen LogP contribution in [0.4, 0.5) is 0 Å².